The van der Waals surface area contributed by atoms with Crippen molar-refractivity contribution in [3.63, 3.8) is 0 Å². The molecule has 3 aromatic rings. The Labute approximate surface area is 220 Å². The van der Waals surface area contributed by atoms with Crippen LogP contribution in [0.2, 0.25) is 5.02 Å². The lowest BCUT2D eigenvalue weighted by Gasteiger charge is -2.25. The lowest BCUT2D eigenvalue weighted by Crippen LogP contribution is -2.35. The van der Waals surface area contributed by atoms with Gasteiger partial charge in [-0.1, -0.05) is 11.6 Å². The number of aliphatic hydroxyl groups is 2. The molecule has 2 heterocycles. The molecule has 2 aromatic carbocycles. The molecular formula is C28H30ClFN2O5. The van der Waals surface area contributed by atoms with Crippen molar-refractivity contribution in [2.45, 2.75) is 50.9 Å². The number of nitrogens with zero attached hydrogens (tertiary/aromatic N) is 1. The monoisotopic (exact) mass is 528 g/mol. The Morgan fingerprint density at radius 3 is 2.65 bits per heavy atom. The third-order valence-corrected chi connectivity index (χ3v) is 6.64. The van der Waals surface area contributed by atoms with Crippen LogP contribution in [0.5, 0.6) is 11.5 Å². The molecule has 4 N–H and O–H groups in total. The second-order valence-corrected chi connectivity index (χ2v) is 10.4. The van der Waals surface area contributed by atoms with Crippen LogP contribution in [0.25, 0.3) is 11.3 Å². The third-order valence-electron chi connectivity index (χ3n) is 6.35. The smallest absolute Gasteiger partial charge is 0.163 e. The van der Waals surface area contributed by atoms with Crippen LogP contribution in [0.4, 0.5) is 4.39 Å². The van der Waals surface area contributed by atoms with Gasteiger partial charge in [0.05, 0.1) is 22.4 Å². The summed E-state index contributed by atoms with van der Waals surface area (Å²) in [5.74, 6) is 0.277. The molecule has 1 aliphatic rings. The number of aliphatic hydroxyl groups excluding tert-OH is 1. The van der Waals surface area contributed by atoms with Gasteiger partial charge < -0.3 is 25.4 Å². The summed E-state index contributed by atoms with van der Waals surface area (Å²) in [5.41, 5.74) is 6.64. The van der Waals surface area contributed by atoms with Gasteiger partial charge in [-0.3, -0.25) is 4.79 Å². The van der Waals surface area contributed by atoms with E-state index < -0.39 is 17.2 Å². The number of benzene rings is 2. The van der Waals surface area contributed by atoms with E-state index in [1.807, 2.05) is 6.92 Å². The molecule has 3 atom stereocenters. The highest BCUT2D eigenvalue weighted by atomic mass is 35.5. The van der Waals surface area contributed by atoms with Gasteiger partial charge in [0.2, 0.25) is 0 Å². The van der Waals surface area contributed by atoms with Crippen LogP contribution in [-0.2, 0) is 11.1 Å². The number of hydrogen-bond donors (Lipinski definition) is 3. The van der Waals surface area contributed by atoms with E-state index in [0.717, 1.165) is 0 Å². The van der Waals surface area contributed by atoms with Gasteiger partial charge in [-0.05, 0) is 75.7 Å². The first-order valence-corrected chi connectivity index (χ1v) is 12.3. The van der Waals surface area contributed by atoms with E-state index in [9.17, 15) is 19.4 Å². The zero-order valence-electron chi connectivity index (χ0n) is 20.9. The summed E-state index contributed by atoms with van der Waals surface area (Å²) < 4.78 is 24.8. The molecule has 1 aliphatic heterocycles. The maximum atomic E-state index is 13.5. The number of Topliss-reactive ketones (excluding diaryl/α,β-unsaturated/α-hetero) is 1. The number of halogens is 2. The highest BCUT2D eigenvalue weighted by Crippen LogP contribution is 2.44. The lowest BCUT2D eigenvalue weighted by molar-refractivity contribution is 0.0396. The number of carbonyl (C=O) groups excluding carboxylic acids is 1. The van der Waals surface area contributed by atoms with Crippen LogP contribution < -0.4 is 15.2 Å². The van der Waals surface area contributed by atoms with E-state index in [1.165, 1.54) is 18.2 Å². The first-order chi connectivity index (χ1) is 17.4. The first kappa shape index (κ1) is 27.0. The minimum absolute atomic E-state index is 0.0260. The van der Waals surface area contributed by atoms with E-state index in [1.54, 1.807) is 44.2 Å². The predicted molar refractivity (Wildman–Crippen MR) is 138 cm³/mol. The second kappa shape index (κ2) is 10.4. The average Bonchev–Trinajstić information content (AvgIpc) is 3.16. The number of carbonyl (C=O) groups is 1. The molecule has 4 rings (SSSR count). The molecule has 1 aromatic heterocycles. The summed E-state index contributed by atoms with van der Waals surface area (Å²) in [6.07, 6.45) is -0.543. The number of ether oxygens (including phenoxy) is 2. The van der Waals surface area contributed by atoms with Crippen LogP contribution >= 0.6 is 11.6 Å². The molecule has 196 valence electrons. The van der Waals surface area contributed by atoms with Crippen molar-refractivity contribution >= 4 is 17.4 Å². The van der Waals surface area contributed by atoms with Crippen molar-refractivity contribution < 1.29 is 28.9 Å². The van der Waals surface area contributed by atoms with Gasteiger partial charge in [-0.25, -0.2) is 9.37 Å². The molecule has 0 radical (unpaired) electrons. The van der Waals surface area contributed by atoms with Crippen LogP contribution in [0.1, 0.15) is 55.2 Å². The molecule has 0 saturated carbocycles. The van der Waals surface area contributed by atoms with Gasteiger partial charge >= 0.3 is 0 Å². The summed E-state index contributed by atoms with van der Waals surface area (Å²) in [6, 6.07) is 12.2. The number of nitrogens with two attached hydrogens (primary N) is 1. The molecule has 0 amide bonds. The number of rotatable bonds is 9. The third kappa shape index (κ3) is 5.93. The Morgan fingerprint density at radius 1 is 1.30 bits per heavy atom. The van der Waals surface area contributed by atoms with Gasteiger partial charge in [-0.15, -0.1) is 0 Å². The second-order valence-electron chi connectivity index (χ2n) is 9.95. The molecule has 37 heavy (non-hydrogen) atoms. The van der Waals surface area contributed by atoms with Crippen molar-refractivity contribution in [2.75, 3.05) is 13.2 Å². The fourth-order valence-electron chi connectivity index (χ4n) is 4.11. The maximum absolute atomic E-state index is 13.5. The summed E-state index contributed by atoms with van der Waals surface area (Å²) in [6.45, 7) is 5.33. The number of fused-ring (bicyclic) bond motifs is 1. The zero-order valence-corrected chi connectivity index (χ0v) is 21.7. The van der Waals surface area contributed by atoms with E-state index in [0.29, 0.717) is 39.6 Å². The number of pyridine rings is 1. The van der Waals surface area contributed by atoms with Gasteiger partial charge in [0.1, 0.15) is 36.1 Å². The zero-order chi connectivity index (χ0) is 27.0. The minimum atomic E-state index is -1.47. The van der Waals surface area contributed by atoms with Crippen LogP contribution in [0.15, 0.2) is 48.5 Å². The van der Waals surface area contributed by atoms with E-state index >= 15 is 0 Å². The van der Waals surface area contributed by atoms with Gasteiger partial charge in [0.25, 0.3) is 0 Å². The van der Waals surface area contributed by atoms with Crippen molar-refractivity contribution in [1.82, 2.24) is 4.98 Å². The van der Waals surface area contributed by atoms with E-state index in [4.69, 9.17) is 26.8 Å². The fourth-order valence-corrected chi connectivity index (χ4v) is 4.35. The summed E-state index contributed by atoms with van der Waals surface area (Å²) in [4.78, 5) is 17.6. The molecule has 7 nitrogen and oxygen atoms in total. The minimum Gasteiger partial charge on any atom is -0.489 e. The number of aromatic nitrogens is 1. The van der Waals surface area contributed by atoms with Crippen LogP contribution in [0, 0.1) is 5.82 Å². The molecular weight excluding hydrogens is 499 g/mol. The predicted octanol–water partition coefficient (Wildman–Crippen LogP) is 4.74. The Morgan fingerprint density at radius 2 is 2.00 bits per heavy atom. The quantitative estimate of drug-likeness (QED) is 0.344. The highest BCUT2D eigenvalue weighted by Gasteiger charge is 2.38. The van der Waals surface area contributed by atoms with E-state index in [2.05, 4.69) is 4.98 Å². The summed E-state index contributed by atoms with van der Waals surface area (Å²) in [7, 11) is 0. The van der Waals surface area contributed by atoms with Gasteiger partial charge in [0, 0.05) is 23.1 Å². The normalized spacial score (nSPS) is 19.0. The standard InChI is InChI=1S/C28H30ClFN2O5/c1-16(33)14-36-23-9-6-18(12-21(23)29)22(34)10-11-28(3,35)24-13-20-26(37-15-27(20,2)31)25(32-24)17-4-7-19(30)8-5-17/h4-9,12-13,16,33,35H,10-11,14-15,31H2,1-3H3/t16-,27-,28-/m1/s1. The topological polar surface area (TPSA) is 115 Å². The average molecular weight is 529 g/mol. The largest absolute Gasteiger partial charge is 0.489 e. The number of ketones is 1. The fraction of sp³-hybridized carbons (Fsp3) is 0.357. The van der Waals surface area contributed by atoms with Crippen molar-refractivity contribution in [2.24, 2.45) is 5.73 Å². The van der Waals surface area contributed by atoms with Crippen LogP contribution in [0.3, 0.4) is 0 Å². The molecule has 0 spiro atoms. The SMILES string of the molecule is C[C@@H](O)COc1ccc(C(=O)CC[C@@](C)(O)c2cc3c(c(-c4ccc(F)cc4)n2)OC[C@@]3(C)N)cc1Cl. The molecule has 0 fully saturated rings. The van der Waals surface area contributed by atoms with Gasteiger partial charge in [0.15, 0.2) is 11.5 Å². The van der Waals surface area contributed by atoms with Crippen molar-refractivity contribution in [1.29, 1.82) is 0 Å². The summed E-state index contributed by atoms with van der Waals surface area (Å²) in [5, 5.41) is 21.0. The van der Waals surface area contributed by atoms with E-state index in [-0.39, 0.29) is 42.7 Å². The highest BCUT2D eigenvalue weighted by molar-refractivity contribution is 6.32. The van der Waals surface area contributed by atoms with Crippen molar-refractivity contribution in [3.05, 3.63) is 76.2 Å². The Balaban J connectivity index is 1.57. The Hall–Kier alpha value is -3.04. The van der Waals surface area contributed by atoms with Crippen LogP contribution in [-0.4, -0.2) is 40.3 Å². The van der Waals surface area contributed by atoms with Gasteiger partial charge in [-0.2, -0.15) is 0 Å². The molecule has 0 saturated heterocycles. The molecule has 0 unspecified atom stereocenters. The lowest BCUT2D eigenvalue weighted by atomic mass is 9.88. The Kier molecular flexibility index (Phi) is 7.57. The Bertz CT molecular complexity index is 1310. The maximum Gasteiger partial charge on any atom is 0.163 e. The molecule has 9 heteroatoms. The summed E-state index contributed by atoms with van der Waals surface area (Å²) >= 11 is 6.24. The molecule has 0 bridgehead atoms. The molecule has 0 aliphatic carbocycles. The number of hydrogen-bond acceptors (Lipinski definition) is 7. The first-order valence-electron chi connectivity index (χ1n) is 12.0. The van der Waals surface area contributed by atoms with Crippen molar-refractivity contribution in [3.8, 4) is 22.8 Å².